The van der Waals surface area contributed by atoms with Crippen molar-refractivity contribution in [1.82, 2.24) is 0 Å². The van der Waals surface area contributed by atoms with Crippen molar-refractivity contribution >= 4 is 23.6 Å². The first-order valence-electron chi connectivity index (χ1n) is 9.93. The van der Waals surface area contributed by atoms with Gasteiger partial charge in [0.2, 0.25) is 0 Å². The van der Waals surface area contributed by atoms with Crippen molar-refractivity contribution < 1.29 is 13.5 Å². The number of hydrogen-bond donors (Lipinski definition) is 1. The standard InChI is InChI=1S/C18H41O3P3/c1-5-6-7-8-9-10-11-12-13-14-15-16-17-22-18-24(2,3,4)21-23(19)20-22/h19H,5-18H2,1-4H3. The first-order chi connectivity index (χ1) is 11.3. The molecule has 1 N–H and O–H groups in total. The van der Waals surface area contributed by atoms with Gasteiger partial charge in [-0.05, 0) is 0 Å². The summed E-state index contributed by atoms with van der Waals surface area (Å²) in [6, 6.07) is 0. The van der Waals surface area contributed by atoms with Crippen LogP contribution in [0.5, 0.6) is 0 Å². The van der Waals surface area contributed by atoms with E-state index in [0.29, 0.717) is 0 Å². The van der Waals surface area contributed by atoms with E-state index in [9.17, 15) is 4.89 Å². The summed E-state index contributed by atoms with van der Waals surface area (Å²) in [5, 5.41) is 0. The Bertz CT molecular complexity index is 331. The van der Waals surface area contributed by atoms with Crippen molar-refractivity contribution in [2.45, 2.75) is 84.0 Å². The fourth-order valence-electron chi connectivity index (χ4n) is 3.20. The van der Waals surface area contributed by atoms with Gasteiger partial charge in [-0.15, -0.1) is 0 Å². The van der Waals surface area contributed by atoms with Gasteiger partial charge < -0.3 is 0 Å². The SMILES string of the molecule is CCCCCCCCCCCCCCP1CP(C)(C)(C)OP(O)O1. The van der Waals surface area contributed by atoms with E-state index in [1.165, 1.54) is 77.0 Å². The van der Waals surface area contributed by atoms with Gasteiger partial charge in [0.15, 0.2) is 0 Å². The van der Waals surface area contributed by atoms with E-state index in [1.54, 1.807) is 0 Å². The third-order valence-electron chi connectivity index (χ3n) is 4.46. The van der Waals surface area contributed by atoms with E-state index in [2.05, 4.69) is 26.9 Å². The molecule has 1 saturated heterocycles. The number of unbranched alkanes of at least 4 members (excludes halogenated alkanes) is 11. The molecule has 3 nitrogen and oxygen atoms in total. The van der Waals surface area contributed by atoms with Crippen molar-refractivity contribution in [3.63, 3.8) is 0 Å². The molecule has 1 rings (SSSR count). The third-order valence-corrected chi connectivity index (χ3v) is 14.9. The van der Waals surface area contributed by atoms with Crippen LogP contribution in [0.3, 0.4) is 0 Å². The van der Waals surface area contributed by atoms with Gasteiger partial charge in [0.1, 0.15) is 0 Å². The molecule has 2 atom stereocenters. The molecule has 0 aromatic rings. The summed E-state index contributed by atoms with van der Waals surface area (Å²) in [7, 11) is -2.09. The average molecular weight is 398 g/mol. The Balaban J connectivity index is 1.93. The molecule has 0 radical (unpaired) electrons. The van der Waals surface area contributed by atoms with E-state index in [-0.39, 0.29) is 0 Å². The number of rotatable bonds is 13. The van der Waals surface area contributed by atoms with Crippen LogP contribution in [0.4, 0.5) is 0 Å². The average Bonchev–Trinajstić information content (AvgIpc) is 2.45. The Labute approximate surface area is 153 Å². The quantitative estimate of drug-likeness (QED) is 0.256. The zero-order valence-electron chi connectivity index (χ0n) is 16.5. The number of hydrogen-bond acceptors (Lipinski definition) is 3. The molecule has 0 bridgehead atoms. The van der Waals surface area contributed by atoms with Crippen LogP contribution in [0.2, 0.25) is 0 Å². The molecule has 6 heteroatoms. The molecular weight excluding hydrogens is 357 g/mol. The molecule has 0 aromatic heterocycles. The van der Waals surface area contributed by atoms with Gasteiger partial charge in [-0.1, -0.05) is 26.2 Å². The van der Waals surface area contributed by atoms with Crippen molar-refractivity contribution in [1.29, 1.82) is 0 Å². The van der Waals surface area contributed by atoms with Crippen LogP contribution in [-0.2, 0) is 8.62 Å². The van der Waals surface area contributed by atoms with Crippen molar-refractivity contribution in [3.8, 4) is 0 Å². The molecule has 0 spiro atoms. The zero-order valence-corrected chi connectivity index (χ0v) is 19.2. The fraction of sp³-hybridized carbons (Fsp3) is 1.00. The summed E-state index contributed by atoms with van der Waals surface area (Å²) in [4.78, 5) is 9.84. The Morgan fingerprint density at radius 1 is 0.792 bits per heavy atom. The summed E-state index contributed by atoms with van der Waals surface area (Å²) in [5.41, 5.74) is 0. The first-order valence-corrected chi connectivity index (χ1v) is 16.4. The second-order valence-electron chi connectivity index (χ2n) is 8.60. The second kappa shape index (κ2) is 11.8. The molecule has 0 amide bonds. The molecule has 1 aliphatic heterocycles. The van der Waals surface area contributed by atoms with Crippen molar-refractivity contribution in [2.24, 2.45) is 0 Å². The van der Waals surface area contributed by atoms with E-state index in [1.807, 2.05) is 0 Å². The molecule has 0 aromatic carbocycles. The maximum absolute atomic E-state index is 9.84. The Morgan fingerprint density at radius 3 is 1.71 bits per heavy atom. The van der Waals surface area contributed by atoms with Gasteiger partial charge in [0.05, 0.1) is 0 Å². The van der Waals surface area contributed by atoms with Gasteiger partial charge in [-0.3, -0.25) is 0 Å². The molecule has 0 saturated carbocycles. The minimum absolute atomic E-state index is 0.474. The van der Waals surface area contributed by atoms with Crippen LogP contribution in [0.1, 0.15) is 84.0 Å². The van der Waals surface area contributed by atoms with Gasteiger partial charge in [0, 0.05) is 0 Å². The minimum atomic E-state index is -2.10. The predicted octanol–water partition coefficient (Wildman–Crippen LogP) is 7.67. The monoisotopic (exact) mass is 398 g/mol. The molecule has 24 heavy (non-hydrogen) atoms. The molecule has 0 aliphatic carbocycles. The summed E-state index contributed by atoms with van der Waals surface area (Å²) >= 11 is 0. The summed E-state index contributed by atoms with van der Waals surface area (Å²) in [6.07, 6.45) is 17.8. The van der Waals surface area contributed by atoms with Crippen LogP contribution < -0.4 is 0 Å². The summed E-state index contributed by atoms with van der Waals surface area (Å²) in [5.74, 6) is 1.05. The van der Waals surface area contributed by atoms with Crippen molar-refractivity contribution in [2.75, 3.05) is 32.1 Å². The van der Waals surface area contributed by atoms with E-state index >= 15 is 0 Å². The van der Waals surface area contributed by atoms with Gasteiger partial charge in [-0.2, -0.15) is 0 Å². The Hall–Kier alpha value is 1.17. The second-order valence-corrected chi connectivity index (χ2v) is 18.9. The zero-order chi connectivity index (χ0) is 17.9. The fourth-order valence-corrected chi connectivity index (χ4v) is 13.6. The normalized spacial score (nSPS) is 27.5. The van der Waals surface area contributed by atoms with E-state index < -0.39 is 23.6 Å². The molecule has 1 fully saturated rings. The van der Waals surface area contributed by atoms with Crippen LogP contribution >= 0.6 is 23.6 Å². The molecule has 146 valence electrons. The van der Waals surface area contributed by atoms with Crippen LogP contribution in [-0.4, -0.2) is 37.0 Å². The van der Waals surface area contributed by atoms with Gasteiger partial charge >= 0.3 is 127 Å². The summed E-state index contributed by atoms with van der Waals surface area (Å²) in [6.45, 7) is 6.79. The Kier molecular flexibility index (Phi) is 11.4. The van der Waals surface area contributed by atoms with Crippen LogP contribution in [0, 0.1) is 0 Å². The summed E-state index contributed by atoms with van der Waals surface area (Å²) < 4.78 is 11.4. The van der Waals surface area contributed by atoms with E-state index in [0.717, 1.165) is 12.1 Å². The molecule has 1 aliphatic rings. The molecule has 1 heterocycles. The van der Waals surface area contributed by atoms with Crippen molar-refractivity contribution in [3.05, 3.63) is 0 Å². The van der Waals surface area contributed by atoms with Gasteiger partial charge in [-0.25, -0.2) is 0 Å². The third kappa shape index (κ3) is 11.7. The maximum atomic E-state index is 9.84. The molecular formula is C18H41O3P3. The van der Waals surface area contributed by atoms with Gasteiger partial charge in [0.25, 0.3) is 0 Å². The predicted molar refractivity (Wildman–Crippen MR) is 114 cm³/mol. The van der Waals surface area contributed by atoms with E-state index in [4.69, 9.17) is 8.62 Å². The topological polar surface area (TPSA) is 38.7 Å². The van der Waals surface area contributed by atoms with Crippen LogP contribution in [0.15, 0.2) is 0 Å². The first kappa shape index (κ1) is 23.2. The van der Waals surface area contributed by atoms with Crippen LogP contribution in [0.25, 0.3) is 0 Å². The Morgan fingerprint density at radius 2 is 1.25 bits per heavy atom. The molecule has 2 unspecified atom stereocenters.